The van der Waals surface area contributed by atoms with Gasteiger partial charge in [0, 0.05) is 36.8 Å². The summed E-state index contributed by atoms with van der Waals surface area (Å²) in [6.45, 7) is 12.2. The summed E-state index contributed by atoms with van der Waals surface area (Å²) in [5.41, 5.74) is 2.09. The molecule has 3 aromatic carbocycles. The van der Waals surface area contributed by atoms with E-state index in [4.69, 9.17) is 11.6 Å². The lowest BCUT2D eigenvalue weighted by atomic mass is 10.1. The van der Waals surface area contributed by atoms with Crippen molar-refractivity contribution in [2.75, 3.05) is 31.1 Å². The minimum absolute atomic E-state index is 0.225. The first-order valence-electron chi connectivity index (χ1n) is 13.4. The number of nitrogens with one attached hydrogen (secondary N) is 1. The molecule has 1 heterocycles. The van der Waals surface area contributed by atoms with Crippen LogP contribution in [0, 0.1) is 11.8 Å². The van der Waals surface area contributed by atoms with E-state index >= 15 is 0 Å². The second kappa shape index (κ2) is 12.9. The van der Waals surface area contributed by atoms with Crippen molar-refractivity contribution in [2.24, 2.45) is 11.8 Å². The Morgan fingerprint density at radius 2 is 1.67 bits per heavy atom. The van der Waals surface area contributed by atoms with Crippen LogP contribution in [-0.2, 0) is 17.3 Å². The third-order valence-electron chi connectivity index (χ3n) is 6.46. The van der Waals surface area contributed by atoms with Gasteiger partial charge in [-0.25, -0.2) is 4.21 Å². The highest BCUT2D eigenvalue weighted by molar-refractivity contribution is 7.85. The Balaban J connectivity index is 1.62. The smallest absolute Gasteiger partial charge is 0.259 e. The molecule has 2 amide bonds. The summed E-state index contributed by atoms with van der Waals surface area (Å²) < 4.78 is 13.6. The summed E-state index contributed by atoms with van der Waals surface area (Å²) in [4.78, 5) is 31.9. The van der Waals surface area contributed by atoms with Crippen LogP contribution >= 0.6 is 11.6 Å². The molecule has 1 aliphatic heterocycles. The molecule has 206 valence electrons. The molecule has 1 N–H and O–H groups in total. The summed E-state index contributed by atoms with van der Waals surface area (Å²) in [6, 6.07) is 19.3. The monoisotopic (exact) mass is 565 g/mol. The maximum atomic E-state index is 13.8. The lowest BCUT2D eigenvalue weighted by Crippen LogP contribution is -2.38. The Bertz CT molecular complexity index is 1360. The molecule has 3 aromatic rings. The van der Waals surface area contributed by atoms with Crippen molar-refractivity contribution in [3.05, 3.63) is 88.4 Å². The summed E-state index contributed by atoms with van der Waals surface area (Å²) in [5, 5.41) is 3.60. The van der Waals surface area contributed by atoms with Crippen molar-refractivity contribution in [3.8, 4) is 0 Å². The Morgan fingerprint density at radius 3 is 2.36 bits per heavy atom. The Hall–Kier alpha value is -3.00. The molecule has 4 rings (SSSR count). The van der Waals surface area contributed by atoms with Crippen LogP contribution in [0.3, 0.4) is 0 Å². The lowest BCUT2D eigenvalue weighted by molar-refractivity contribution is 0.0943. The van der Waals surface area contributed by atoms with Gasteiger partial charge >= 0.3 is 0 Å². The van der Waals surface area contributed by atoms with E-state index in [-0.39, 0.29) is 18.4 Å². The highest BCUT2D eigenvalue weighted by atomic mass is 35.5. The van der Waals surface area contributed by atoms with E-state index in [1.165, 1.54) is 0 Å². The van der Waals surface area contributed by atoms with Gasteiger partial charge in [-0.2, -0.15) is 0 Å². The molecule has 1 atom stereocenters. The predicted octanol–water partition coefficient (Wildman–Crippen LogP) is 6.01. The summed E-state index contributed by atoms with van der Waals surface area (Å²) in [7, 11) is -1.58. The average Bonchev–Trinajstić information content (AvgIpc) is 2.97. The van der Waals surface area contributed by atoms with Crippen LogP contribution in [-0.4, -0.2) is 47.1 Å². The molecule has 0 saturated heterocycles. The molecule has 0 radical (unpaired) electrons. The Kier molecular flexibility index (Phi) is 9.59. The van der Waals surface area contributed by atoms with Crippen molar-refractivity contribution in [1.29, 1.82) is 0 Å². The van der Waals surface area contributed by atoms with Gasteiger partial charge in [-0.3, -0.25) is 9.59 Å². The van der Waals surface area contributed by atoms with Crippen molar-refractivity contribution in [1.82, 2.24) is 10.2 Å². The fourth-order valence-electron chi connectivity index (χ4n) is 4.90. The second-order valence-electron chi connectivity index (χ2n) is 10.8. The Labute approximate surface area is 238 Å². The van der Waals surface area contributed by atoms with E-state index in [0.29, 0.717) is 50.0 Å². The first-order valence-corrected chi connectivity index (χ1v) is 14.9. The van der Waals surface area contributed by atoms with Crippen LogP contribution in [0.15, 0.2) is 76.5 Å². The van der Waals surface area contributed by atoms with Gasteiger partial charge in [0.2, 0.25) is 0 Å². The van der Waals surface area contributed by atoms with Crippen LogP contribution in [0.4, 0.5) is 5.69 Å². The fourth-order valence-corrected chi connectivity index (χ4v) is 6.46. The first-order chi connectivity index (χ1) is 18.6. The van der Waals surface area contributed by atoms with E-state index in [0.717, 1.165) is 25.2 Å². The highest BCUT2D eigenvalue weighted by Gasteiger charge is 2.31. The maximum absolute atomic E-state index is 13.8. The number of fused-ring (bicyclic) bond motifs is 2. The second-order valence-corrected chi connectivity index (χ2v) is 12.6. The topological polar surface area (TPSA) is 69.7 Å². The number of hydrogen-bond donors (Lipinski definition) is 1. The molecule has 0 aliphatic carbocycles. The number of carbonyl (C=O) groups excluding carboxylic acids is 2. The fraction of sp³-hybridized carbons (Fsp3) is 0.355. The molecule has 39 heavy (non-hydrogen) atoms. The summed E-state index contributed by atoms with van der Waals surface area (Å²) >= 11 is 6.22. The number of rotatable bonds is 10. The lowest BCUT2D eigenvalue weighted by Gasteiger charge is -2.26. The van der Waals surface area contributed by atoms with Gasteiger partial charge < -0.3 is 15.1 Å². The van der Waals surface area contributed by atoms with Crippen molar-refractivity contribution < 1.29 is 13.8 Å². The van der Waals surface area contributed by atoms with Gasteiger partial charge in [-0.05, 0) is 59.9 Å². The SMILES string of the molecule is CC(C)CN(CCNC(=O)c1ccc2c(c1)N(Cc1cccc(Cl)c1)C(=O)c1ccccc1[S@@]2=O)CC(C)C. The number of halogens is 1. The number of hydrogen-bond acceptors (Lipinski definition) is 4. The number of anilines is 1. The van der Waals surface area contributed by atoms with E-state index in [1.807, 2.05) is 12.1 Å². The summed E-state index contributed by atoms with van der Waals surface area (Å²) in [5.74, 6) is 0.580. The summed E-state index contributed by atoms with van der Waals surface area (Å²) in [6.07, 6.45) is 0. The van der Waals surface area contributed by atoms with Gasteiger partial charge in [0.15, 0.2) is 0 Å². The number of benzene rings is 3. The number of amides is 2. The highest BCUT2D eigenvalue weighted by Crippen LogP contribution is 2.36. The van der Waals surface area contributed by atoms with Crippen LogP contribution in [0.25, 0.3) is 0 Å². The molecule has 6 nitrogen and oxygen atoms in total. The van der Waals surface area contributed by atoms with Crippen LogP contribution in [0.1, 0.15) is 54.0 Å². The van der Waals surface area contributed by atoms with Gasteiger partial charge in [0.25, 0.3) is 11.8 Å². The molecule has 0 bridgehead atoms. The molecule has 0 fully saturated rings. The zero-order valence-corrected chi connectivity index (χ0v) is 24.5. The maximum Gasteiger partial charge on any atom is 0.259 e. The van der Waals surface area contributed by atoms with E-state index in [9.17, 15) is 13.8 Å². The molecular weight excluding hydrogens is 530 g/mol. The molecule has 0 unspecified atom stereocenters. The van der Waals surface area contributed by atoms with Gasteiger partial charge in [0.05, 0.1) is 38.4 Å². The quantitative estimate of drug-likeness (QED) is 0.327. The number of carbonyl (C=O) groups is 2. The van der Waals surface area contributed by atoms with Crippen molar-refractivity contribution >= 4 is 39.9 Å². The van der Waals surface area contributed by atoms with Crippen molar-refractivity contribution in [2.45, 2.75) is 44.0 Å². The average molecular weight is 566 g/mol. The van der Waals surface area contributed by atoms with Crippen LogP contribution in [0.2, 0.25) is 5.02 Å². The van der Waals surface area contributed by atoms with E-state index in [2.05, 4.69) is 37.9 Å². The van der Waals surface area contributed by atoms with Gasteiger partial charge in [-0.15, -0.1) is 0 Å². The van der Waals surface area contributed by atoms with Crippen LogP contribution in [0.5, 0.6) is 0 Å². The predicted molar refractivity (Wildman–Crippen MR) is 158 cm³/mol. The van der Waals surface area contributed by atoms with E-state index in [1.54, 1.807) is 59.5 Å². The molecule has 0 spiro atoms. The van der Waals surface area contributed by atoms with E-state index < -0.39 is 10.8 Å². The zero-order valence-electron chi connectivity index (χ0n) is 22.9. The Morgan fingerprint density at radius 1 is 0.949 bits per heavy atom. The first kappa shape index (κ1) is 29.0. The molecule has 0 aromatic heterocycles. The minimum Gasteiger partial charge on any atom is -0.351 e. The largest absolute Gasteiger partial charge is 0.351 e. The van der Waals surface area contributed by atoms with Gasteiger partial charge in [-0.1, -0.05) is 63.6 Å². The molecule has 0 saturated carbocycles. The number of nitrogens with zero attached hydrogens (tertiary/aromatic N) is 2. The third kappa shape index (κ3) is 7.15. The molecule has 1 aliphatic rings. The standard InChI is InChI=1S/C31H36ClN3O3S/c1-21(2)18-34(19-22(3)4)15-14-33-30(36)24-12-13-29-27(17-24)35(20-23-8-7-9-25(32)16-23)31(37)26-10-5-6-11-28(26)39(29)38/h5-13,16-17,21-22H,14-15,18-20H2,1-4H3,(H,33,36)/t39-/m0/s1. The molecule has 8 heteroatoms. The minimum atomic E-state index is -1.58. The van der Waals surface area contributed by atoms with Crippen LogP contribution < -0.4 is 10.2 Å². The third-order valence-corrected chi connectivity index (χ3v) is 8.20. The molecular formula is C31H36ClN3O3S. The zero-order chi connectivity index (χ0) is 28.1. The van der Waals surface area contributed by atoms with Gasteiger partial charge in [0.1, 0.15) is 0 Å². The normalized spacial score (nSPS) is 14.9. The van der Waals surface area contributed by atoms with Crippen molar-refractivity contribution in [3.63, 3.8) is 0 Å².